The summed E-state index contributed by atoms with van der Waals surface area (Å²) in [6, 6.07) is 4.17. The number of amides is 1. The third-order valence-corrected chi connectivity index (χ3v) is 2.77. The van der Waals surface area contributed by atoms with E-state index in [-0.39, 0.29) is 12.2 Å². The Balaban J connectivity index is 2.79. The van der Waals surface area contributed by atoms with Gasteiger partial charge in [0.05, 0.1) is 0 Å². The molecule has 114 valence electrons. The maximum atomic E-state index is 11.1. The average Bonchev–Trinajstić information content (AvgIpc) is 2.38. The van der Waals surface area contributed by atoms with E-state index >= 15 is 0 Å². The highest BCUT2D eigenvalue weighted by molar-refractivity contribution is 7.81. The van der Waals surface area contributed by atoms with E-state index in [4.69, 9.17) is 9.66 Å². The number of carbonyl (C=O) groups is 2. The maximum Gasteiger partial charge on any atom is 0.446 e. The van der Waals surface area contributed by atoms with Gasteiger partial charge in [-0.1, -0.05) is 18.7 Å². The molecule has 1 aromatic rings. The van der Waals surface area contributed by atoms with Crippen molar-refractivity contribution in [2.45, 2.75) is 12.5 Å². The van der Waals surface area contributed by atoms with Crippen LogP contribution in [0, 0.1) is 0 Å². The van der Waals surface area contributed by atoms with Gasteiger partial charge >= 0.3 is 16.4 Å². The van der Waals surface area contributed by atoms with Crippen LogP contribution in [0.2, 0.25) is 0 Å². The Hall–Kier alpha value is -2.39. The number of carboxylic acid groups (broad SMARTS) is 1. The Morgan fingerprint density at radius 3 is 2.33 bits per heavy atom. The van der Waals surface area contributed by atoms with Gasteiger partial charge in [0.1, 0.15) is 11.8 Å². The molecule has 0 spiro atoms. The number of carboxylic acids is 1. The van der Waals surface area contributed by atoms with Crippen LogP contribution in [-0.2, 0) is 26.4 Å². The number of aliphatic carboxylic acids is 1. The zero-order chi connectivity index (χ0) is 16.0. The molecule has 0 aromatic heterocycles. The molecule has 0 unspecified atom stereocenters. The summed E-state index contributed by atoms with van der Waals surface area (Å²) >= 11 is 0. The van der Waals surface area contributed by atoms with Crippen molar-refractivity contribution >= 4 is 22.3 Å². The second kappa shape index (κ2) is 6.86. The topological polar surface area (TPSA) is 130 Å². The average molecular weight is 315 g/mol. The van der Waals surface area contributed by atoms with E-state index in [9.17, 15) is 18.0 Å². The summed E-state index contributed by atoms with van der Waals surface area (Å²) in [7, 11) is -4.61. The van der Waals surface area contributed by atoms with Crippen LogP contribution in [0.4, 0.5) is 0 Å². The molecule has 0 aliphatic carbocycles. The first-order valence-electron chi connectivity index (χ1n) is 5.63. The van der Waals surface area contributed by atoms with Crippen LogP contribution in [-0.4, -0.2) is 36.0 Å². The zero-order valence-corrected chi connectivity index (χ0v) is 11.5. The molecule has 0 aliphatic rings. The molecule has 0 saturated carbocycles. The fourth-order valence-electron chi connectivity index (χ4n) is 1.47. The van der Waals surface area contributed by atoms with Crippen LogP contribution in [0.3, 0.4) is 0 Å². The Kier molecular flexibility index (Phi) is 5.44. The molecule has 21 heavy (non-hydrogen) atoms. The molecule has 0 saturated heterocycles. The minimum Gasteiger partial charge on any atom is -0.480 e. The molecular weight excluding hydrogens is 302 g/mol. The number of nitrogens with one attached hydrogen (secondary N) is 1. The maximum absolute atomic E-state index is 11.1. The normalized spacial score (nSPS) is 12.2. The first-order valence-corrected chi connectivity index (χ1v) is 6.99. The number of hydrogen-bond donors (Lipinski definition) is 3. The summed E-state index contributed by atoms with van der Waals surface area (Å²) in [5.41, 5.74) is 0.523. The first kappa shape index (κ1) is 16.7. The fourth-order valence-corrected chi connectivity index (χ4v) is 1.82. The van der Waals surface area contributed by atoms with Gasteiger partial charge < -0.3 is 14.6 Å². The van der Waals surface area contributed by atoms with Gasteiger partial charge in [0.15, 0.2) is 0 Å². The minimum atomic E-state index is -4.61. The summed E-state index contributed by atoms with van der Waals surface area (Å²) in [6.45, 7) is 3.22. The van der Waals surface area contributed by atoms with E-state index in [0.717, 1.165) is 6.08 Å². The molecule has 0 bridgehead atoms. The van der Waals surface area contributed by atoms with Gasteiger partial charge in [-0.3, -0.25) is 9.35 Å². The van der Waals surface area contributed by atoms with Crippen LogP contribution >= 0.6 is 0 Å². The van der Waals surface area contributed by atoms with Crippen molar-refractivity contribution in [1.82, 2.24) is 5.32 Å². The van der Waals surface area contributed by atoms with Crippen molar-refractivity contribution in [1.29, 1.82) is 0 Å². The second-order valence-corrected chi connectivity index (χ2v) is 4.98. The van der Waals surface area contributed by atoms with E-state index in [1.165, 1.54) is 24.3 Å². The number of rotatable bonds is 7. The molecule has 9 heteroatoms. The van der Waals surface area contributed by atoms with Gasteiger partial charge in [0.25, 0.3) is 0 Å². The van der Waals surface area contributed by atoms with E-state index in [1.807, 2.05) is 0 Å². The highest BCUT2D eigenvalue weighted by atomic mass is 32.3. The largest absolute Gasteiger partial charge is 0.480 e. The lowest BCUT2D eigenvalue weighted by molar-refractivity contribution is -0.141. The fraction of sp³-hybridized carbons (Fsp3) is 0.167. The van der Waals surface area contributed by atoms with Crippen molar-refractivity contribution in [2.24, 2.45) is 0 Å². The predicted octanol–water partition coefficient (Wildman–Crippen LogP) is 0.166. The third kappa shape index (κ3) is 6.06. The molecular formula is C12H13NO7S. The minimum absolute atomic E-state index is 0.0128. The van der Waals surface area contributed by atoms with Gasteiger partial charge in [-0.15, -0.1) is 0 Å². The highest BCUT2D eigenvalue weighted by Crippen LogP contribution is 2.15. The number of carbonyl (C=O) groups excluding carboxylic acids is 1. The molecule has 3 N–H and O–H groups in total. The van der Waals surface area contributed by atoms with Crippen molar-refractivity contribution in [2.75, 3.05) is 0 Å². The summed E-state index contributed by atoms with van der Waals surface area (Å²) in [5.74, 6) is -1.96. The highest BCUT2D eigenvalue weighted by Gasteiger charge is 2.19. The van der Waals surface area contributed by atoms with E-state index < -0.39 is 28.3 Å². The zero-order valence-electron chi connectivity index (χ0n) is 10.7. The molecule has 0 radical (unpaired) electrons. The predicted molar refractivity (Wildman–Crippen MR) is 72.1 cm³/mol. The van der Waals surface area contributed by atoms with Crippen LogP contribution in [0.5, 0.6) is 5.75 Å². The monoisotopic (exact) mass is 315 g/mol. The quantitative estimate of drug-likeness (QED) is 0.483. The van der Waals surface area contributed by atoms with Crippen molar-refractivity contribution < 1.29 is 31.8 Å². The lowest BCUT2D eigenvalue weighted by atomic mass is 10.1. The molecule has 0 aliphatic heterocycles. The standard InChI is InChI=1S/C12H13NO7S/c1-2-11(14)13-10(12(15)16)7-8-3-5-9(6-4-8)20-21(17,18)19/h2-6,10H,1,7H2,(H,13,14)(H,15,16)(H,17,18,19)/t10-/m1/s1. The SMILES string of the molecule is C=CC(=O)N[C@H](Cc1ccc(OS(=O)(=O)O)cc1)C(=O)O. The Morgan fingerprint density at radius 2 is 1.90 bits per heavy atom. The number of benzene rings is 1. The van der Waals surface area contributed by atoms with E-state index in [2.05, 4.69) is 16.1 Å². The smallest absolute Gasteiger partial charge is 0.446 e. The summed E-state index contributed by atoms with van der Waals surface area (Å²) < 4.78 is 33.7. The Labute approximate surface area is 121 Å². The van der Waals surface area contributed by atoms with Crippen LogP contribution in [0.15, 0.2) is 36.9 Å². The molecule has 8 nitrogen and oxygen atoms in total. The van der Waals surface area contributed by atoms with Crippen LogP contribution in [0.1, 0.15) is 5.56 Å². The number of hydrogen-bond acceptors (Lipinski definition) is 5. The second-order valence-electron chi connectivity index (χ2n) is 3.96. The van der Waals surface area contributed by atoms with Gasteiger partial charge in [-0.2, -0.15) is 8.42 Å². The molecule has 0 heterocycles. The van der Waals surface area contributed by atoms with Crippen molar-refractivity contribution in [3.63, 3.8) is 0 Å². The Morgan fingerprint density at radius 1 is 1.33 bits per heavy atom. The molecule has 1 rings (SSSR count). The molecule has 0 fully saturated rings. The lowest BCUT2D eigenvalue weighted by Crippen LogP contribution is -2.41. The summed E-state index contributed by atoms with van der Waals surface area (Å²) in [4.78, 5) is 22.1. The summed E-state index contributed by atoms with van der Waals surface area (Å²) in [6.07, 6.45) is 0.944. The van der Waals surface area contributed by atoms with Crippen LogP contribution < -0.4 is 9.50 Å². The van der Waals surface area contributed by atoms with Crippen LogP contribution in [0.25, 0.3) is 0 Å². The van der Waals surface area contributed by atoms with E-state index in [1.54, 1.807) is 0 Å². The first-order chi connectivity index (χ1) is 9.71. The van der Waals surface area contributed by atoms with Gasteiger partial charge in [0.2, 0.25) is 5.91 Å². The third-order valence-electron chi connectivity index (χ3n) is 2.36. The summed E-state index contributed by atoms with van der Waals surface area (Å²) in [5, 5.41) is 11.2. The van der Waals surface area contributed by atoms with Crippen molar-refractivity contribution in [3.8, 4) is 5.75 Å². The molecule has 1 amide bonds. The van der Waals surface area contributed by atoms with Gasteiger partial charge in [0, 0.05) is 6.42 Å². The molecule has 1 atom stereocenters. The van der Waals surface area contributed by atoms with Gasteiger partial charge in [-0.05, 0) is 23.8 Å². The lowest BCUT2D eigenvalue weighted by Gasteiger charge is -2.13. The van der Waals surface area contributed by atoms with E-state index in [0.29, 0.717) is 5.56 Å². The van der Waals surface area contributed by atoms with Gasteiger partial charge in [-0.25, -0.2) is 4.79 Å². The van der Waals surface area contributed by atoms with Crippen molar-refractivity contribution in [3.05, 3.63) is 42.5 Å². The Bertz CT molecular complexity index is 636. The molecule has 1 aromatic carbocycles.